The summed E-state index contributed by atoms with van der Waals surface area (Å²) in [6.45, 7) is 4.92. The summed E-state index contributed by atoms with van der Waals surface area (Å²) in [7, 11) is 1.56. The van der Waals surface area contributed by atoms with Crippen molar-refractivity contribution < 1.29 is 19.8 Å². The maximum absolute atomic E-state index is 11.4. The fourth-order valence-electron chi connectivity index (χ4n) is 0.858. The molecule has 0 aliphatic heterocycles. The number of aliphatic hydroxyl groups excluding tert-OH is 1. The summed E-state index contributed by atoms with van der Waals surface area (Å²) < 4.78 is 0. The van der Waals surface area contributed by atoms with Gasteiger partial charge in [-0.15, -0.1) is 0 Å². The Bertz CT molecular complexity index is 240. The predicted molar refractivity (Wildman–Crippen MR) is 54.5 cm³/mol. The Morgan fingerprint density at radius 3 is 2.00 bits per heavy atom. The molecular weight excluding hydrogens is 200 g/mol. The highest BCUT2D eigenvalue weighted by Gasteiger charge is 2.26. The predicted octanol–water partition coefficient (Wildman–Crippen LogP) is -0.130. The zero-order valence-electron chi connectivity index (χ0n) is 9.39. The smallest absolute Gasteiger partial charge is 0.328 e. The minimum atomic E-state index is -1.28. The number of carbonyl (C=O) groups excluding carboxylic acids is 1. The van der Waals surface area contributed by atoms with Gasteiger partial charge >= 0.3 is 12.0 Å². The van der Waals surface area contributed by atoms with Gasteiger partial charge in [0.05, 0.1) is 6.10 Å². The summed E-state index contributed by atoms with van der Waals surface area (Å²) in [4.78, 5) is 23.5. The van der Waals surface area contributed by atoms with Crippen LogP contribution in [-0.4, -0.2) is 52.3 Å². The van der Waals surface area contributed by atoms with Gasteiger partial charge in [-0.05, 0) is 20.8 Å². The van der Waals surface area contributed by atoms with E-state index in [2.05, 4.69) is 5.32 Å². The molecule has 0 aromatic heterocycles. The summed E-state index contributed by atoms with van der Waals surface area (Å²) in [5.74, 6) is -1.25. The summed E-state index contributed by atoms with van der Waals surface area (Å²) >= 11 is 0. The SMILES string of the molecule is CC(O)C(NC(=O)N(C)C(C)C)C(=O)O. The summed E-state index contributed by atoms with van der Waals surface area (Å²) in [5.41, 5.74) is 0. The number of carboxylic acid groups (broad SMARTS) is 1. The third-order valence-corrected chi connectivity index (χ3v) is 2.12. The van der Waals surface area contributed by atoms with Crippen molar-refractivity contribution in [3.8, 4) is 0 Å². The lowest BCUT2D eigenvalue weighted by Gasteiger charge is -2.25. The fraction of sp³-hybridized carbons (Fsp3) is 0.778. The van der Waals surface area contributed by atoms with Gasteiger partial charge in [0.25, 0.3) is 0 Å². The zero-order valence-corrected chi connectivity index (χ0v) is 9.39. The van der Waals surface area contributed by atoms with Crippen molar-refractivity contribution in [1.29, 1.82) is 0 Å². The highest BCUT2D eigenvalue weighted by Crippen LogP contribution is 1.98. The number of hydrogen-bond donors (Lipinski definition) is 3. The lowest BCUT2D eigenvalue weighted by Crippen LogP contribution is -2.52. The van der Waals surface area contributed by atoms with Crippen LogP contribution in [0.25, 0.3) is 0 Å². The lowest BCUT2D eigenvalue weighted by molar-refractivity contribution is -0.141. The molecule has 3 N–H and O–H groups in total. The van der Waals surface area contributed by atoms with E-state index in [1.165, 1.54) is 11.8 Å². The van der Waals surface area contributed by atoms with E-state index in [0.29, 0.717) is 0 Å². The third-order valence-electron chi connectivity index (χ3n) is 2.12. The number of carboxylic acids is 1. The number of aliphatic hydroxyl groups is 1. The third kappa shape index (κ3) is 4.16. The zero-order chi connectivity index (χ0) is 12.2. The molecule has 0 aliphatic carbocycles. The normalized spacial score (nSPS) is 14.5. The highest BCUT2D eigenvalue weighted by atomic mass is 16.4. The molecule has 0 aliphatic rings. The van der Waals surface area contributed by atoms with Crippen molar-refractivity contribution >= 4 is 12.0 Å². The molecule has 2 amide bonds. The van der Waals surface area contributed by atoms with Crippen LogP contribution in [0.4, 0.5) is 4.79 Å². The van der Waals surface area contributed by atoms with Crippen LogP contribution in [0.1, 0.15) is 20.8 Å². The Morgan fingerprint density at radius 1 is 1.27 bits per heavy atom. The van der Waals surface area contributed by atoms with E-state index in [-0.39, 0.29) is 6.04 Å². The van der Waals surface area contributed by atoms with E-state index in [9.17, 15) is 9.59 Å². The molecule has 0 fully saturated rings. The van der Waals surface area contributed by atoms with Crippen LogP contribution in [0.3, 0.4) is 0 Å². The maximum atomic E-state index is 11.4. The molecular formula is C9H18N2O4. The van der Waals surface area contributed by atoms with Crippen LogP contribution < -0.4 is 5.32 Å². The molecule has 0 heterocycles. The van der Waals surface area contributed by atoms with Gasteiger partial charge in [0.2, 0.25) is 0 Å². The molecule has 2 unspecified atom stereocenters. The van der Waals surface area contributed by atoms with Gasteiger partial charge in [0, 0.05) is 13.1 Å². The van der Waals surface area contributed by atoms with E-state index in [0.717, 1.165) is 0 Å². The number of nitrogens with one attached hydrogen (secondary N) is 1. The number of amides is 2. The van der Waals surface area contributed by atoms with E-state index in [1.807, 2.05) is 0 Å². The molecule has 0 aromatic rings. The van der Waals surface area contributed by atoms with Crippen LogP contribution >= 0.6 is 0 Å². The summed E-state index contributed by atoms with van der Waals surface area (Å²) in [6.07, 6.45) is -1.13. The van der Waals surface area contributed by atoms with E-state index < -0.39 is 24.1 Å². The monoisotopic (exact) mass is 218 g/mol. The van der Waals surface area contributed by atoms with Gasteiger partial charge in [0.15, 0.2) is 6.04 Å². The molecule has 0 spiro atoms. The first-order valence-electron chi connectivity index (χ1n) is 4.71. The number of urea groups is 1. The summed E-state index contributed by atoms with van der Waals surface area (Å²) in [5, 5.41) is 20.1. The first-order chi connectivity index (χ1) is 6.77. The van der Waals surface area contributed by atoms with E-state index in [1.54, 1.807) is 20.9 Å². The molecule has 88 valence electrons. The second-order valence-corrected chi connectivity index (χ2v) is 3.71. The second-order valence-electron chi connectivity index (χ2n) is 3.71. The topological polar surface area (TPSA) is 89.9 Å². The Kier molecular flexibility index (Phi) is 5.07. The fourth-order valence-corrected chi connectivity index (χ4v) is 0.858. The van der Waals surface area contributed by atoms with Crippen molar-refractivity contribution in [2.75, 3.05) is 7.05 Å². The Balaban J connectivity index is 4.43. The minimum Gasteiger partial charge on any atom is -0.480 e. The van der Waals surface area contributed by atoms with E-state index in [4.69, 9.17) is 10.2 Å². The molecule has 2 atom stereocenters. The van der Waals surface area contributed by atoms with Crippen molar-refractivity contribution in [2.45, 2.75) is 39.0 Å². The average molecular weight is 218 g/mol. The molecule has 0 rings (SSSR count). The van der Waals surface area contributed by atoms with Crippen LogP contribution in [-0.2, 0) is 4.79 Å². The van der Waals surface area contributed by atoms with Gasteiger partial charge in [0.1, 0.15) is 0 Å². The van der Waals surface area contributed by atoms with Gasteiger partial charge in [-0.1, -0.05) is 0 Å². The van der Waals surface area contributed by atoms with Gasteiger partial charge in [-0.2, -0.15) is 0 Å². The largest absolute Gasteiger partial charge is 0.480 e. The molecule has 6 nitrogen and oxygen atoms in total. The van der Waals surface area contributed by atoms with Crippen LogP contribution in [0.5, 0.6) is 0 Å². The Hall–Kier alpha value is -1.30. The molecule has 0 saturated heterocycles. The molecule has 6 heteroatoms. The van der Waals surface area contributed by atoms with Crippen molar-refractivity contribution in [3.63, 3.8) is 0 Å². The van der Waals surface area contributed by atoms with Gasteiger partial charge < -0.3 is 20.4 Å². The highest BCUT2D eigenvalue weighted by molar-refractivity contribution is 5.83. The minimum absolute atomic E-state index is 0.0338. The maximum Gasteiger partial charge on any atom is 0.328 e. The number of nitrogens with zero attached hydrogens (tertiary/aromatic N) is 1. The van der Waals surface area contributed by atoms with E-state index >= 15 is 0 Å². The Morgan fingerprint density at radius 2 is 1.73 bits per heavy atom. The average Bonchev–Trinajstić information content (AvgIpc) is 2.11. The van der Waals surface area contributed by atoms with Gasteiger partial charge in [-0.3, -0.25) is 0 Å². The first kappa shape index (κ1) is 13.7. The molecule has 0 aromatic carbocycles. The van der Waals surface area contributed by atoms with Crippen LogP contribution in [0, 0.1) is 0 Å². The molecule has 0 radical (unpaired) electrons. The second kappa shape index (κ2) is 5.55. The van der Waals surface area contributed by atoms with Crippen LogP contribution in [0.15, 0.2) is 0 Å². The lowest BCUT2D eigenvalue weighted by atomic mass is 10.2. The summed E-state index contributed by atoms with van der Waals surface area (Å²) in [6, 6.07) is -1.83. The van der Waals surface area contributed by atoms with Crippen LogP contribution in [0.2, 0.25) is 0 Å². The number of hydrogen-bond acceptors (Lipinski definition) is 3. The Labute approximate surface area is 88.9 Å². The van der Waals surface area contributed by atoms with Crippen molar-refractivity contribution in [3.05, 3.63) is 0 Å². The number of carbonyl (C=O) groups is 2. The van der Waals surface area contributed by atoms with Gasteiger partial charge in [-0.25, -0.2) is 9.59 Å². The van der Waals surface area contributed by atoms with Crippen molar-refractivity contribution in [1.82, 2.24) is 10.2 Å². The molecule has 15 heavy (non-hydrogen) atoms. The number of aliphatic carboxylic acids is 1. The van der Waals surface area contributed by atoms with Crippen molar-refractivity contribution in [2.24, 2.45) is 0 Å². The standard InChI is InChI=1S/C9H18N2O4/c1-5(2)11(4)9(15)10-7(6(3)12)8(13)14/h5-7,12H,1-4H3,(H,10,15)(H,13,14). The quantitative estimate of drug-likeness (QED) is 0.613. The molecule has 0 saturated carbocycles. The number of rotatable bonds is 4. The molecule has 0 bridgehead atoms. The first-order valence-corrected chi connectivity index (χ1v) is 4.71.